The van der Waals surface area contributed by atoms with Crippen molar-refractivity contribution in [3.63, 3.8) is 0 Å². The van der Waals surface area contributed by atoms with Gasteiger partial charge in [-0.05, 0) is 31.3 Å². The average molecular weight is 247 g/mol. The summed E-state index contributed by atoms with van der Waals surface area (Å²) in [4.78, 5) is 4.50. The molecule has 0 aliphatic rings. The molecule has 0 aliphatic heterocycles. The highest BCUT2D eigenvalue weighted by molar-refractivity contribution is 5.66. The summed E-state index contributed by atoms with van der Waals surface area (Å²) in [5.41, 5.74) is 5.13. The molecule has 0 bridgehead atoms. The molecule has 18 heavy (non-hydrogen) atoms. The quantitative estimate of drug-likeness (QED) is 0.288. The van der Waals surface area contributed by atoms with Crippen molar-refractivity contribution in [3.05, 3.63) is 30.2 Å². The molecule has 0 heterocycles. The summed E-state index contributed by atoms with van der Waals surface area (Å²) >= 11 is 0. The van der Waals surface area contributed by atoms with Crippen LogP contribution in [0.3, 0.4) is 0 Å². The lowest BCUT2D eigenvalue weighted by atomic mass is 9.90. The standard InChI is InChI=1S/C17H29N/c1-7-9-10-11-12-16(6)18-13-17(14(3)4)15(5)8-2/h13-14,17H,2,6-7,9-12H2,1,3-5H3/t17-/m0/s1. The van der Waals surface area contributed by atoms with Gasteiger partial charge < -0.3 is 0 Å². The normalized spacial score (nSPS) is 12.7. The van der Waals surface area contributed by atoms with Crippen LogP contribution in [0.1, 0.15) is 59.8 Å². The molecule has 0 aliphatic carbocycles. The predicted molar refractivity (Wildman–Crippen MR) is 83.0 cm³/mol. The Bertz CT molecular complexity index is 317. The molecule has 0 amide bonds. The van der Waals surface area contributed by atoms with Gasteiger partial charge in [-0.3, -0.25) is 4.99 Å². The third kappa shape index (κ3) is 7.29. The molecule has 1 nitrogen and oxygen atoms in total. The van der Waals surface area contributed by atoms with Crippen molar-refractivity contribution in [3.8, 4) is 0 Å². The molecule has 0 N–H and O–H groups in total. The van der Waals surface area contributed by atoms with Crippen LogP contribution in [0.2, 0.25) is 0 Å². The van der Waals surface area contributed by atoms with Gasteiger partial charge in [-0.1, -0.05) is 53.2 Å². The number of aliphatic imine (C=N–C) groups is 1. The minimum Gasteiger partial charge on any atom is -0.266 e. The van der Waals surface area contributed by atoms with Crippen LogP contribution in [-0.4, -0.2) is 6.21 Å². The van der Waals surface area contributed by atoms with Gasteiger partial charge in [0, 0.05) is 17.8 Å². The maximum atomic E-state index is 4.50. The highest BCUT2D eigenvalue weighted by Crippen LogP contribution is 2.18. The maximum absolute atomic E-state index is 4.50. The number of hydrogen-bond acceptors (Lipinski definition) is 1. The lowest BCUT2D eigenvalue weighted by Crippen LogP contribution is -2.11. The molecule has 0 aromatic rings. The van der Waals surface area contributed by atoms with Crippen LogP contribution in [-0.2, 0) is 0 Å². The number of hydrogen-bond donors (Lipinski definition) is 0. The highest BCUT2D eigenvalue weighted by Gasteiger charge is 2.12. The fourth-order valence-electron chi connectivity index (χ4n) is 1.91. The van der Waals surface area contributed by atoms with Gasteiger partial charge in [0.1, 0.15) is 0 Å². The van der Waals surface area contributed by atoms with Crippen LogP contribution in [0.15, 0.2) is 35.2 Å². The Hall–Kier alpha value is -1.07. The second-order valence-electron chi connectivity index (χ2n) is 5.28. The molecule has 0 saturated heterocycles. The van der Waals surface area contributed by atoms with Gasteiger partial charge in [0.15, 0.2) is 0 Å². The first-order valence-electron chi connectivity index (χ1n) is 7.11. The van der Waals surface area contributed by atoms with Gasteiger partial charge >= 0.3 is 0 Å². The smallest absolute Gasteiger partial charge is 0.0328 e. The zero-order chi connectivity index (χ0) is 14.0. The SMILES string of the molecule is C=C=C(C)[C@@H](C=NC(=C)CCCCCC)C(C)C. The van der Waals surface area contributed by atoms with Crippen LogP contribution in [0, 0.1) is 11.8 Å². The van der Waals surface area contributed by atoms with E-state index in [4.69, 9.17) is 0 Å². The van der Waals surface area contributed by atoms with Crippen molar-refractivity contribution in [1.29, 1.82) is 0 Å². The summed E-state index contributed by atoms with van der Waals surface area (Å²) in [5, 5.41) is 0. The van der Waals surface area contributed by atoms with Crippen molar-refractivity contribution in [2.75, 3.05) is 0 Å². The summed E-state index contributed by atoms with van der Waals surface area (Å²) < 4.78 is 0. The van der Waals surface area contributed by atoms with E-state index in [1.54, 1.807) is 0 Å². The number of unbranched alkanes of at least 4 members (excludes halogenated alkanes) is 3. The van der Waals surface area contributed by atoms with Crippen LogP contribution in [0.4, 0.5) is 0 Å². The molecule has 0 spiro atoms. The van der Waals surface area contributed by atoms with E-state index >= 15 is 0 Å². The Morgan fingerprint density at radius 3 is 2.44 bits per heavy atom. The fourth-order valence-corrected chi connectivity index (χ4v) is 1.91. The Morgan fingerprint density at radius 1 is 1.28 bits per heavy atom. The number of rotatable bonds is 9. The van der Waals surface area contributed by atoms with Crippen molar-refractivity contribution >= 4 is 6.21 Å². The molecule has 0 radical (unpaired) electrons. The molecule has 0 fully saturated rings. The second kappa shape index (κ2) is 9.91. The van der Waals surface area contributed by atoms with E-state index in [9.17, 15) is 0 Å². The molecule has 0 rings (SSSR count). The van der Waals surface area contributed by atoms with Crippen molar-refractivity contribution in [2.24, 2.45) is 16.8 Å². The van der Waals surface area contributed by atoms with E-state index in [1.165, 1.54) is 25.7 Å². The molecule has 102 valence electrons. The summed E-state index contributed by atoms with van der Waals surface area (Å²) in [6.45, 7) is 16.4. The topological polar surface area (TPSA) is 12.4 Å². The van der Waals surface area contributed by atoms with E-state index < -0.39 is 0 Å². The molecule has 0 unspecified atom stereocenters. The summed E-state index contributed by atoms with van der Waals surface area (Å²) in [7, 11) is 0. The molecule has 0 aromatic carbocycles. The number of allylic oxidation sites excluding steroid dienone is 2. The minimum absolute atomic E-state index is 0.329. The summed E-state index contributed by atoms with van der Waals surface area (Å²) in [5.74, 6) is 0.853. The maximum Gasteiger partial charge on any atom is 0.0328 e. The number of nitrogens with zero attached hydrogens (tertiary/aromatic N) is 1. The van der Waals surface area contributed by atoms with Crippen molar-refractivity contribution in [2.45, 2.75) is 59.8 Å². The van der Waals surface area contributed by atoms with Crippen LogP contribution in [0.5, 0.6) is 0 Å². The zero-order valence-corrected chi connectivity index (χ0v) is 12.6. The van der Waals surface area contributed by atoms with Crippen LogP contribution < -0.4 is 0 Å². The first kappa shape index (κ1) is 16.9. The lowest BCUT2D eigenvalue weighted by molar-refractivity contribution is 0.561. The Morgan fingerprint density at radius 2 is 1.94 bits per heavy atom. The monoisotopic (exact) mass is 247 g/mol. The molecule has 1 atom stereocenters. The Kier molecular flexibility index (Phi) is 9.32. The molecule has 0 saturated carbocycles. The second-order valence-corrected chi connectivity index (χ2v) is 5.28. The van der Waals surface area contributed by atoms with Gasteiger partial charge in [0.2, 0.25) is 0 Å². The van der Waals surface area contributed by atoms with E-state index in [2.05, 4.69) is 51.6 Å². The molecule has 1 heteroatoms. The zero-order valence-electron chi connectivity index (χ0n) is 12.6. The first-order valence-corrected chi connectivity index (χ1v) is 7.11. The third-order valence-electron chi connectivity index (χ3n) is 3.23. The van der Waals surface area contributed by atoms with Gasteiger partial charge in [-0.25, -0.2) is 0 Å². The first-order chi connectivity index (χ1) is 8.52. The fraction of sp³-hybridized carbons (Fsp3) is 0.647. The van der Waals surface area contributed by atoms with E-state index in [0.29, 0.717) is 11.8 Å². The van der Waals surface area contributed by atoms with E-state index in [-0.39, 0.29) is 0 Å². The average Bonchev–Trinajstić information content (AvgIpc) is 2.34. The Labute approximate surface area is 113 Å². The molecular weight excluding hydrogens is 218 g/mol. The lowest BCUT2D eigenvalue weighted by Gasteiger charge is -2.15. The van der Waals surface area contributed by atoms with Crippen molar-refractivity contribution in [1.82, 2.24) is 0 Å². The van der Waals surface area contributed by atoms with Gasteiger partial charge in [-0.15, -0.1) is 5.73 Å². The highest BCUT2D eigenvalue weighted by atomic mass is 14.7. The Balaban J connectivity index is 4.24. The minimum atomic E-state index is 0.329. The van der Waals surface area contributed by atoms with Crippen LogP contribution >= 0.6 is 0 Å². The summed E-state index contributed by atoms with van der Waals surface area (Å²) in [6.07, 6.45) is 8.09. The van der Waals surface area contributed by atoms with E-state index in [1.807, 2.05) is 6.21 Å². The van der Waals surface area contributed by atoms with Gasteiger partial charge in [0.05, 0.1) is 0 Å². The predicted octanol–water partition coefficient (Wildman–Crippen LogP) is 5.54. The van der Waals surface area contributed by atoms with Crippen molar-refractivity contribution < 1.29 is 0 Å². The summed E-state index contributed by atoms with van der Waals surface area (Å²) in [6, 6.07) is 0. The van der Waals surface area contributed by atoms with Gasteiger partial charge in [-0.2, -0.15) is 0 Å². The molecule has 0 aromatic heterocycles. The van der Waals surface area contributed by atoms with Crippen LogP contribution in [0.25, 0.3) is 0 Å². The van der Waals surface area contributed by atoms with Gasteiger partial charge in [0.25, 0.3) is 0 Å². The molecular formula is C17H29N. The van der Waals surface area contributed by atoms with E-state index in [0.717, 1.165) is 17.7 Å². The third-order valence-corrected chi connectivity index (χ3v) is 3.23. The largest absolute Gasteiger partial charge is 0.266 e.